The number of esters is 2. The van der Waals surface area contributed by atoms with E-state index >= 15 is 0 Å². The fourth-order valence-corrected chi connectivity index (χ4v) is 2.68. The van der Waals surface area contributed by atoms with Crippen molar-refractivity contribution < 1.29 is 43.7 Å². The SMILES string of the molecule is C=CCN(CC=C)C(=O)/C(C)=C/C(=O)O.C=CCN(CC=C)C(=O)/C=C(/C)C(=O)O.C=CCNCC=C.CC1=CC(=O)OC1=O. The number of cyclic esters (lactones) is 2. The van der Waals surface area contributed by atoms with Crippen LogP contribution in [0.25, 0.3) is 0 Å². The Kier molecular flexibility index (Phi) is 26.9. The molecular formula is C33H45N3O9. The predicted molar refractivity (Wildman–Crippen MR) is 175 cm³/mol. The first-order valence-corrected chi connectivity index (χ1v) is 13.4. The molecule has 12 nitrogen and oxygen atoms in total. The van der Waals surface area contributed by atoms with Gasteiger partial charge in [0.05, 0.1) is 0 Å². The Morgan fingerprint density at radius 2 is 1.20 bits per heavy atom. The van der Waals surface area contributed by atoms with E-state index in [0.29, 0.717) is 31.8 Å². The minimum Gasteiger partial charge on any atom is -0.478 e. The van der Waals surface area contributed by atoms with Crippen molar-refractivity contribution in [2.24, 2.45) is 0 Å². The Morgan fingerprint density at radius 1 is 0.756 bits per heavy atom. The first-order valence-electron chi connectivity index (χ1n) is 13.4. The number of carbonyl (C=O) groups excluding carboxylic acids is 4. The summed E-state index contributed by atoms with van der Waals surface area (Å²) in [6, 6.07) is 0. The molecule has 45 heavy (non-hydrogen) atoms. The molecule has 0 unspecified atom stereocenters. The normalized spacial score (nSPS) is 11.6. The summed E-state index contributed by atoms with van der Waals surface area (Å²) in [5.41, 5.74) is 0.569. The molecule has 0 fully saturated rings. The summed E-state index contributed by atoms with van der Waals surface area (Å²) in [5, 5.41) is 20.1. The summed E-state index contributed by atoms with van der Waals surface area (Å²) < 4.78 is 4.10. The first-order chi connectivity index (χ1) is 21.2. The van der Waals surface area contributed by atoms with Gasteiger partial charge in [-0.05, 0) is 20.8 Å². The van der Waals surface area contributed by atoms with Gasteiger partial charge in [0, 0.05) is 74.2 Å². The van der Waals surface area contributed by atoms with E-state index in [-0.39, 0.29) is 23.0 Å². The molecule has 0 aliphatic carbocycles. The Morgan fingerprint density at radius 3 is 1.49 bits per heavy atom. The second kappa shape index (κ2) is 27.5. The molecule has 0 aromatic rings. The molecule has 3 N–H and O–H groups in total. The summed E-state index contributed by atoms with van der Waals surface area (Å²) in [4.78, 5) is 67.4. The molecule has 1 aliphatic rings. The van der Waals surface area contributed by atoms with Gasteiger partial charge in [0.25, 0.3) is 0 Å². The third-order valence-electron chi connectivity index (χ3n) is 4.78. The maximum Gasteiger partial charge on any atom is 0.341 e. The molecule has 12 heteroatoms. The highest BCUT2D eigenvalue weighted by molar-refractivity contribution is 6.08. The zero-order valence-electron chi connectivity index (χ0n) is 26.3. The summed E-state index contributed by atoms with van der Waals surface area (Å²) in [6.45, 7) is 28.7. The molecule has 1 rings (SSSR count). The second-order valence-electron chi connectivity index (χ2n) is 8.68. The second-order valence-corrected chi connectivity index (χ2v) is 8.68. The standard InChI is InChI=1S/2C11H15NO3.C6H11N.C5H4O3/c1-4-6-12(7-5-2)11(15)9(3)8-10(13)14;1-4-6-12(7-5-2)10(13)8-9(3)11(14)15;1-3-5-7-6-4-2;1-3-2-4(6)8-5(3)7/h4-5,8H,1-2,6-7H2,3H3,(H,13,14);4-5,8H,1-2,6-7H2,3H3,(H,14,15);3-4,7H,1-2,5-6H2;2H,1H3/b9-8+;9-8-;;. The Balaban J connectivity index is -0.000000549. The molecule has 2 amide bonds. The number of nitrogens with one attached hydrogen (secondary N) is 1. The molecule has 0 aromatic carbocycles. The summed E-state index contributed by atoms with van der Waals surface area (Å²) in [7, 11) is 0. The van der Waals surface area contributed by atoms with Crippen LogP contribution in [0.4, 0.5) is 0 Å². The molecule has 0 bridgehead atoms. The van der Waals surface area contributed by atoms with E-state index in [4.69, 9.17) is 10.2 Å². The number of ether oxygens (including phenoxy) is 1. The van der Waals surface area contributed by atoms with Crippen molar-refractivity contribution in [3.8, 4) is 0 Å². The topological polar surface area (TPSA) is 171 Å². The van der Waals surface area contributed by atoms with Gasteiger partial charge in [0.1, 0.15) is 0 Å². The van der Waals surface area contributed by atoms with E-state index in [2.05, 4.69) is 49.5 Å². The van der Waals surface area contributed by atoms with Gasteiger partial charge in [0.15, 0.2) is 0 Å². The highest BCUT2D eigenvalue weighted by atomic mass is 16.6. The monoisotopic (exact) mass is 627 g/mol. The first kappa shape index (κ1) is 44.1. The average molecular weight is 628 g/mol. The maximum atomic E-state index is 11.7. The van der Waals surface area contributed by atoms with Crippen LogP contribution in [0.5, 0.6) is 0 Å². The molecule has 0 aromatic heterocycles. The van der Waals surface area contributed by atoms with Gasteiger partial charge in [-0.2, -0.15) is 0 Å². The lowest BCUT2D eigenvalue weighted by molar-refractivity contribution is -0.150. The molecule has 1 aliphatic heterocycles. The zero-order valence-corrected chi connectivity index (χ0v) is 26.3. The predicted octanol–water partition coefficient (Wildman–Crippen LogP) is 3.40. The Bertz CT molecular complexity index is 1170. The molecule has 0 saturated heterocycles. The number of carboxylic acid groups (broad SMARTS) is 2. The van der Waals surface area contributed by atoms with Gasteiger partial charge >= 0.3 is 23.9 Å². The number of hydrogen-bond donors (Lipinski definition) is 3. The maximum absolute atomic E-state index is 11.7. The van der Waals surface area contributed by atoms with Gasteiger partial charge in [-0.3, -0.25) is 9.59 Å². The summed E-state index contributed by atoms with van der Waals surface area (Å²) >= 11 is 0. The van der Waals surface area contributed by atoms with E-state index in [9.17, 15) is 28.8 Å². The van der Waals surface area contributed by atoms with Crippen LogP contribution in [0.3, 0.4) is 0 Å². The van der Waals surface area contributed by atoms with Gasteiger partial charge in [-0.1, -0.05) is 36.5 Å². The number of amides is 2. The van der Waals surface area contributed by atoms with E-state index in [1.807, 2.05) is 12.2 Å². The highest BCUT2D eigenvalue weighted by Gasteiger charge is 2.18. The van der Waals surface area contributed by atoms with Gasteiger partial charge < -0.3 is 30.1 Å². The Labute approximate surface area is 265 Å². The van der Waals surface area contributed by atoms with Crippen molar-refractivity contribution in [3.63, 3.8) is 0 Å². The van der Waals surface area contributed by atoms with Gasteiger partial charge in [-0.25, -0.2) is 19.2 Å². The number of aliphatic carboxylic acids is 2. The number of carbonyl (C=O) groups is 6. The van der Waals surface area contributed by atoms with Gasteiger partial charge in [0.2, 0.25) is 11.8 Å². The van der Waals surface area contributed by atoms with Crippen LogP contribution >= 0.6 is 0 Å². The lowest BCUT2D eigenvalue weighted by Gasteiger charge is -2.19. The molecule has 1 heterocycles. The van der Waals surface area contributed by atoms with Gasteiger partial charge in [-0.15, -0.1) is 39.5 Å². The summed E-state index contributed by atoms with van der Waals surface area (Å²) in [6.07, 6.45) is 13.1. The van der Waals surface area contributed by atoms with Crippen molar-refractivity contribution in [1.82, 2.24) is 15.1 Å². The average Bonchev–Trinajstić information content (AvgIpc) is 3.27. The van der Waals surface area contributed by atoms with E-state index in [1.165, 1.54) is 36.6 Å². The molecular weight excluding hydrogens is 582 g/mol. The highest BCUT2D eigenvalue weighted by Crippen LogP contribution is 2.05. The molecule has 0 spiro atoms. The Hall–Kier alpha value is -5.36. The van der Waals surface area contributed by atoms with Crippen LogP contribution in [0, 0.1) is 0 Å². The summed E-state index contributed by atoms with van der Waals surface area (Å²) in [5.74, 6) is -3.99. The van der Waals surface area contributed by atoms with Crippen LogP contribution in [0.15, 0.2) is 111 Å². The number of rotatable bonds is 16. The lowest BCUT2D eigenvalue weighted by atomic mass is 10.2. The van der Waals surface area contributed by atoms with Crippen LogP contribution in [-0.4, -0.2) is 95.0 Å². The van der Waals surface area contributed by atoms with E-state index < -0.39 is 23.9 Å². The minimum absolute atomic E-state index is 0.0122. The number of nitrogens with zero attached hydrogens (tertiary/aromatic N) is 2. The molecule has 246 valence electrons. The fraction of sp³-hybridized carbons (Fsp3) is 0.273. The quantitative estimate of drug-likeness (QED) is 0.0758. The van der Waals surface area contributed by atoms with Crippen LogP contribution < -0.4 is 5.32 Å². The van der Waals surface area contributed by atoms with Crippen molar-refractivity contribution in [3.05, 3.63) is 111 Å². The molecule has 0 saturated carbocycles. The van der Waals surface area contributed by atoms with Crippen LogP contribution in [0.1, 0.15) is 20.8 Å². The third kappa shape index (κ3) is 23.8. The van der Waals surface area contributed by atoms with Crippen LogP contribution in [-0.2, 0) is 33.5 Å². The fourth-order valence-electron chi connectivity index (χ4n) is 2.68. The van der Waals surface area contributed by atoms with Crippen molar-refractivity contribution in [2.45, 2.75) is 20.8 Å². The minimum atomic E-state index is -1.13. The number of hydrogen-bond acceptors (Lipinski definition) is 8. The molecule has 0 atom stereocenters. The van der Waals surface area contributed by atoms with Crippen LogP contribution in [0.2, 0.25) is 0 Å². The molecule has 0 radical (unpaired) electrons. The lowest BCUT2D eigenvalue weighted by Crippen LogP contribution is -2.32. The van der Waals surface area contributed by atoms with Crippen molar-refractivity contribution in [2.75, 3.05) is 39.3 Å². The number of carboxylic acids is 2. The van der Waals surface area contributed by atoms with E-state index in [0.717, 1.165) is 25.2 Å². The smallest absolute Gasteiger partial charge is 0.341 e. The van der Waals surface area contributed by atoms with Crippen molar-refractivity contribution >= 4 is 35.7 Å². The third-order valence-corrected chi connectivity index (χ3v) is 4.78. The zero-order chi connectivity index (χ0) is 35.4. The largest absolute Gasteiger partial charge is 0.478 e. The van der Waals surface area contributed by atoms with Crippen molar-refractivity contribution in [1.29, 1.82) is 0 Å². The van der Waals surface area contributed by atoms with E-state index in [1.54, 1.807) is 24.3 Å².